The van der Waals surface area contributed by atoms with Crippen LogP contribution in [0.1, 0.15) is 69.4 Å². The predicted octanol–water partition coefficient (Wildman–Crippen LogP) is 0.191. The molecular formula is C37H54N8O10. The molecule has 302 valence electrons. The molecule has 18 heteroatoms. The first kappa shape index (κ1) is 41.1. The van der Waals surface area contributed by atoms with E-state index in [4.69, 9.17) is 30.5 Å². The van der Waals surface area contributed by atoms with Crippen LogP contribution in [-0.4, -0.2) is 132 Å². The number of nitrogens with two attached hydrogens (primary N) is 1. The third-order valence-electron chi connectivity index (χ3n) is 11.5. The number of carboxylic acids is 1. The lowest BCUT2D eigenvalue weighted by atomic mass is 9.54. The highest BCUT2D eigenvalue weighted by Gasteiger charge is 2.69. The highest BCUT2D eigenvalue weighted by atomic mass is 16.6. The molecule has 0 radical (unpaired) electrons. The van der Waals surface area contributed by atoms with Gasteiger partial charge in [0, 0.05) is 37.7 Å². The number of carbonyl (C=O) groups is 5. The van der Waals surface area contributed by atoms with E-state index in [1.165, 1.54) is 0 Å². The van der Waals surface area contributed by atoms with Gasteiger partial charge in [-0.25, -0.2) is 4.79 Å². The van der Waals surface area contributed by atoms with Crippen molar-refractivity contribution < 1.29 is 48.4 Å². The summed E-state index contributed by atoms with van der Waals surface area (Å²) in [6, 6.07) is 2.08. The summed E-state index contributed by atoms with van der Waals surface area (Å²) in [7, 11) is 3.55. The number of ether oxygens (including phenoxy) is 3. The zero-order chi connectivity index (χ0) is 40.1. The van der Waals surface area contributed by atoms with Gasteiger partial charge in [0.25, 0.3) is 0 Å². The monoisotopic (exact) mass is 770 g/mol. The van der Waals surface area contributed by atoms with Crippen molar-refractivity contribution in [2.45, 2.75) is 100 Å². The van der Waals surface area contributed by atoms with Gasteiger partial charge in [-0.15, -0.1) is 0 Å². The Labute approximate surface area is 320 Å². The molecule has 1 aliphatic carbocycles. The molecule has 0 saturated carbocycles. The number of nitrogens with one attached hydrogen (secondary N) is 5. The Bertz CT molecular complexity index is 1710. The second-order valence-corrected chi connectivity index (χ2v) is 14.8. The van der Waals surface area contributed by atoms with Gasteiger partial charge in [-0.2, -0.15) is 0 Å². The zero-order valence-corrected chi connectivity index (χ0v) is 31.9. The predicted molar refractivity (Wildman–Crippen MR) is 198 cm³/mol. The number of fused-ring (bicyclic) bond motifs is 1. The molecule has 4 amide bonds. The largest absolute Gasteiger partial charge is 0.493 e. The van der Waals surface area contributed by atoms with Crippen molar-refractivity contribution in [3.63, 3.8) is 0 Å². The zero-order valence-electron chi connectivity index (χ0n) is 31.9. The van der Waals surface area contributed by atoms with E-state index >= 15 is 0 Å². The molecule has 6 atom stereocenters. The van der Waals surface area contributed by atoms with Crippen molar-refractivity contribution in [2.24, 2.45) is 5.73 Å². The smallest absolute Gasteiger partial charge is 0.415 e. The number of rotatable bonds is 14. The Kier molecular flexibility index (Phi) is 12.8. The van der Waals surface area contributed by atoms with Crippen molar-refractivity contribution in [1.82, 2.24) is 31.1 Å². The third kappa shape index (κ3) is 8.44. The lowest BCUT2D eigenvalue weighted by molar-refractivity contribution is -0.153. The van der Waals surface area contributed by atoms with E-state index in [0.29, 0.717) is 49.6 Å². The molecule has 18 nitrogen and oxygen atoms in total. The first-order valence-electron chi connectivity index (χ1n) is 18.7. The molecule has 1 spiro atoms. The van der Waals surface area contributed by atoms with Crippen molar-refractivity contribution in [1.29, 1.82) is 5.41 Å². The number of hydrogen-bond acceptors (Lipinski definition) is 11. The highest BCUT2D eigenvalue weighted by molar-refractivity contribution is 5.95. The van der Waals surface area contributed by atoms with Gasteiger partial charge in [-0.1, -0.05) is 6.07 Å². The Morgan fingerprint density at radius 2 is 1.89 bits per heavy atom. The van der Waals surface area contributed by atoms with E-state index in [1.807, 2.05) is 33.0 Å². The number of aryl methyl sites for hydroxylation is 1. The fourth-order valence-corrected chi connectivity index (χ4v) is 8.53. The van der Waals surface area contributed by atoms with E-state index < -0.39 is 72.0 Å². The van der Waals surface area contributed by atoms with E-state index in [-0.39, 0.29) is 37.9 Å². The molecule has 4 aliphatic rings. The van der Waals surface area contributed by atoms with Crippen LogP contribution in [0.25, 0.3) is 0 Å². The molecule has 9 N–H and O–H groups in total. The quantitative estimate of drug-likeness (QED) is 0.0545. The summed E-state index contributed by atoms with van der Waals surface area (Å²) >= 11 is 0. The molecule has 0 aromatic heterocycles. The number of amides is 4. The Balaban J connectivity index is 1.29. The van der Waals surface area contributed by atoms with Crippen molar-refractivity contribution in [3.05, 3.63) is 35.1 Å². The fraction of sp³-hybridized carbons (Fsp3) is 0.622. The van der Waals surface area contributed by atoms with E-state index in [2.05, 4.69) is 26.2 Å². The molecule has 55 heavy (non-hydrogen) atoms. The fourth-order valence-electron chi connectivity index (χ4n) is 8.53. The Hall–Kier alpha value is -5.10. The molecule has 1 aromatic carbocycles. The van der Waals surface area contributed by atoms with Crippen LogP contribution in [0.5, 0.6) is 11.5 Å². The van der Waals surface area contributed by atoms with Gasteiger partial charge in [-0.05, 0) is 83.7 Å². The van der Waals surface area contributed by atoms with Crippen LogP contribution in [-0.2, 0) is 29.3 Å². The van der Waals surface area contributed by atoms with Gasteiger partial charge in [0.05, 0.1) is 30.7 Å². The van der Waals surface area contributed by atoms with Crippen molar-refractivity contribution >= 4 is 35.7 Å². The van der Waals surface area contributed by atoms with Gasteiger partial charge < -0.3 is 61.2 Å². The van der Waals surface area contributed by atoms with Crippen LogP contribution < -0.4 is 36.5 Å². The van der Waals surface area contributed by atoms with Gasteiger partial charge in [0.2, 0.25) is 17.7 Å². The number of carboxylic acid groups (broad SMARTS) is 1. The summed E-state index contributed by atoms with van der Waals surface area (Å²) in [5.74, 6) is -2.29. The average Bonchev–Trinajstić information content (AvgIpc) is 3.51. The first-order valence-corrected chi connectivity index (χ1v) is 18.7. The van der Waals surface area contributed by atoms with Crippen molar-refractivity contribution in [3.8, 4) is 11.5 Å². The second kappa shape index (κ2) is 17.1. The van der Waals surface area contributed by atoms with Gasteiger partial charge in [0.15, 0.2) is 23.6 Å². The number of aliphatic carboxylic acids is 1. The minimum Gasteiger partial charge on any atom is -0.493 e. The molecule has 3 heterocycles. The number of methoxy groups -OCH3 is 1. The van der Waals surface area contributed by atoms with E-state index in [1.54, 1.807) is 18.1 Å². The third-order valence-corrected chi connectivity index (χ3v) is 11.5. The molecule has 1 unspecified atom stereocenters. The van der Waals surface area contributed by atoms with Crippen LogP contribution in [0.3, 0.4) is 0 Å². The Morgan fingerprint density at radius 3 is 2.60 bits per heavy atom. The summed E-state index contributed by atoms with van der Waals surface area (Å²) < 4.78 is 18.6. The molecular weight excluding hydrogens is 716 g/mol. The number of nitrogens with zero attached hydrogens (tertiary/aromatic N) is 2. The second-order valence-electron chi connectivity index (χ2n) is 14.8. The number of hydrogen-bond donors (Lipinski definition) is 8. The molecule has 1 aromatic rings. The molecule has 2 fully saturated rings. The van der Waals surface area contributed by atoms with Crippen LogP contribution in [0, 0.1) is 12.3 Å². The standard InChI is InChI=1S/C37H54N8O10/c1-21-10-11-25(53-4)31-30(21)36-14-17-44(3)22(2)37(36,52)13-12-26(32(36)55-31)54-35(51)45-16-6-5-8-23(45)19-42-33(50)24(9-7-15-40-34(38)39)43-28(47)20-41-27(46)18-29(48)49/h10-12,22-24,32,52H,5-9,13-20H2,1-4H3,(H,41,46)(H,42,50)(H,43,47)(H,48,49)(H4,38,39,40)/t22-,23?,24+,32+,36+,37-/m1/s1. The molecule has 2 saturated heterocycles. The minimum atomic E-state index is -1.35. The van der Waals surface area contributed by atoms with Crippen LogP contribution in [0.2, 0.25) is 0 Å². The topological polar surface area (TPSA) is 258 Å². The van der Waals surface area contributed by atoms with Gasteiger partial charge in [0.1, 0.15) is 18.2 Å². The number of benzene rings is 1. The maximum Gasteiger partial charge on any atom is 0.415 e. The van der Waals surface area contributed by atoms with Gasteiger partial charge in [-0.3, -0.25) is 24.6 Å². The van der Waals surface area contributed by atoms with Gasteiger partial charge >= 0.3 is 12.1 Å². The minimum absolute atomic E-state index is 0.0652. The summed E-state index contributed by atoms with van der Waals surface area (Å²) in [6.45, 7) is 4.85. The summed E-state index contributed by atoms with van der Waals surface area (Å²) in [5.41, 5.74) is 5.02. The van der Waals surface area contributed by atoms with Crippen LogP contribution in [0.4, 0.5) is 4.79 Å². The SMILES string of the molecule is COc1ccc(C)c2c1O[C@H]1C(OC(=O)N3CCCCC3CNC(=O)[C@H](CCCNC(=N)N)NC(=O)CNC(=O)CC(=O)O)=CC[C@@]3(O)[C@@H](C)N(C)CC[C@]213. The maximum absolute atomic E-state index is 14.1. The Morgan fingerprint density at radius 1 is 1.13 bits per heavy atom. The number of aliphatic hydroxyl groups is 1. The number of likely N-dealkylation sites (tertiary alicyclic amines) is 2. The van der Waals surface area contributed by atoms with E-state index in [0.717, 1.165) is 24.0 Å². The highest BCUT2D eigenvalue weighted by Crippen LogP contribution is 2.62. The molecule has 3 aliphatic heterocycles. The summed E-state index contributed by atoms with van der Waals surface area (Å²) in [4.78, 5) is 66.4. The van der Waals surface area contributed by atoms with Crippen LogP contribution in [0.15, 0.2) is 24.0 Å². The summed E-state index contributed by atoms with van der Waals surface area (Å²) in [6.07, 6.45) is 2.96. The lowest BCUT2D eigenvalue weighted by Gasteiger charge is -2.58. The first-order chi connectivity index (χ1) is 26.1. The molecule has 0 bridgehead atoms. The maximum atomic E-state index is 14.1. The number of guanidine groups is 1. The number of likely N-dealkylation sites (N-methyl/N-ethyl adjacent to an activating group) is 1. The number of carbonyl (C=O) groups excluding carboxylic acids is 4. The average molecular weight is 771 g/mol. The van der Waals surface area contributed by atoms with E-state index in [9.17, 15) is 29.1 Å². The normalized spacial score (nSPS) is 26.1. The lowest BCUT2D eigenvalue weighted by Crippen LogP contribution is -2.71. The van der Waals surface area contributed by atoms with Crippen LogP contribution >= 0.6 is 0 Å². The number of piperidine rings is 2. The van der Waals surface area contributed by atoms with Crippen molar-refractivity contribution in [2.75, 3.05) is 46.9 Å². The summed E-state index contributed by atoms with van der Waals surface area (Å²) in [5, 5.41) is 39.0. The molecule has 5 rings (SSSR count).